The van der Waals surface area contributed by atoms with Crippen LogP contribution in [0.5, 0.6) is 0 Å². The normalized spacial score (nSPS) is 23.6. The van der Waals surface area contributed by atoms with Gasteiger partial charge in [-0.1, -0.05) is 27.2 Å². The molecular formula is C15H24BrN3O. The number of aliphatic hydroxyl groups excluding tert-OH is 1. The molecule has 1 heterocycles. The minimum Gasteiger partial charge on any atom is -0.393 e. The largest absolute Gasteiger partial charge is 0.393 e. The molecule has 1 fully saturated rings. The van der Waals surface area contributed by atoms with Gasteiger partial charge < -0.3 is 10.4 Å². The number of aromatic nitrogens is 2. The zero-order valence-electron chi connectivity index (χ0n) is 12.5. The van der Waals surface area contributed by atoms with Crippen LogP contribution in [0, 0.1) is 5.92 Å². The predicted molar refractivity (Wildman–Crippen MR) is 84.9 cm³/mol. The molecule has 1 aromatic rings. The van der Waals surface area contributed by atoms with E-state index in [1.807, 2.05) is 6.07 Å². The molecule has 0 bridgehead atoms. The summed E-state index contributed by atoms with van der Waals surface area (Å²) in [5.41, 5.74) is -0.0682. The van der Waals surface area contributed by atoms with Crippen molar-refractivity contribution in [2.75, 3.05) is 11.9 Å². The molecule has 0 spiro atoms. The number of rotatable bonds is 3. The molecule has 0 radical (unpaired) electrons. The van der Waals surface area contributed by atoms with E-state index >= 15 is 0 Å². The van der Waals surface area contributed by atoms with Crippen LogP contribution in [0.4, 0.5) is 5.82 Å². The van der Waals surface area contributed by atoms with Gasteiger partial charge in [-0.25, -0.2) is 9.97 Å². The molecule has 1 saturated carbocycles. The van der Waals surface area contributed by atoms with Crippen molar-refractivity contribution >= 4 is 21.7 Å². The number of nitrogens with one attached hydrogen (secondary N) is 1. The number of halogens is 1. The van der Waals surface area contributed by atoms with Crippen LogP contribution < -0.4 is 5.32 Å². The Balaban J connectivity index is 2.00. The van der Waals surface area contributed by atoms with Gasteiger partial charge in [0.2, 0.25) is 0 Å². The van der Waals surface area contributed by atoms with E-state index in [9.17, 15) is 5.11 Å². The minimum absolute atomic E-state index is 0.0682. The Morgan fingerprint density at radius 2 is 2.10 bits per heavy atom. The molecule has 1 aliphatic rings. The van der Waals surface area contributed by atoms with Crippen molar-refractivity contribution < 1.29 is 5.11 Å². The number of aliphatic hydroxyl groups is 1. The molecular weight excluding hydrogens is 318 g/mol. The van der Waals surface area contributed by atoms with Crippen molar-refractivity contribution in [1.82, 2.24) is 9.97 Å². The lowest BCUT2D eigenvalue weighted by Crippen LogP contribution is -2.25. The second-order valence-corrected chi connectivity index (χ2v) is 7.53. The summed E-state index contributed by atoms with van der Waals surface area (Å²) in [6.45, 7) is 7.19. The maximum atomic E-state index is 9.71. The molecule has 0 aliphatic heterocycles. The highest BCUT2D eigenvalue weighted by Crippen LogP contribution is 2.26. The Kier molecular flexibility index (Phi) is 5.02. The van der Waals surface area contributed by atoms with Gasteiger partial charge in [-0.2, -0.15) is 0 Å². The molecule has 2 N–H and O–H groups in total. The molecule has 1 aliphatic carbocycles. The summed E-state index contributed by atoms with van der Waals surface area (Å²) >= 11 is 3.45. The average molecular weight is 342 g/mol. The van der Waals surface area contributed by atoms with E-state index in [-0.39, 0.29) is 11.5 Å². The quantitative estimate of drug-likeness (QED) is 0.826. The van der Waals surface area contributed by atoms with Crippen LogP contribution in [-0.4, -0.2) is 27.7 Å². The van der Waals surface area contributed by atoms with Crippen LogP contribution in [0.25, 0.3) is 0 Å². The van der Waals surface area contributed by atoms with Gasteiger partial charge in [0.25, 0.3) is 0 Å². The van der Waals surface area contributed by atoms with Crippen molar-refractivity contribution in [3.05, 3.63) is 16.5 Å². The van der Waals surface area contributed by atoms with E-state index in [4.69, 9.17) is 0 Å². The molecule has 0 saturated heterocycles. The van der Waals surface area contributed by atoms with Gasteiger partial charge in [-0.05, 0) is 41.1 Å². The molecule has 5 heteroatoms. The molecule has 20 heavy (non-hydrogen) atoms. The van der Waals surface area contributed by atoms with Gasteiger partial charge in [-0.15, -0.1) is 0 Å². The third-order valence-corrected chi connectivity index (χ3v) is 4.10. The lowest BCUT2D eigenvalue weighted by molar-refractivity contribution is 0.104. The lowest BCUT2D eigenvalue weighted by Gasteiger charge is -2.26. The Morgan fingerprint density at radius 3 is 2.75 bits per heavy atom. The fraction of sp³-hybridized carbons (Fsp3) is 0.733. The summed E-state index contributed by atoms with van der Waals surface area (Å²) in [6.07, 6.45) is 4.02. The monoisotopic (exact) mass is 341 g/mol. The molecule has 4 nitrogen and oxygen atoms in total. The van der Waals surface area contributed by atoms with Crippen LogP contribution in [0.3, 0.4) is 0 Å². The average Bonchev–Trinajstić information content (AvgIpc) is 2.35. The maximum absolute atomic E-state index is 9.71. The van der Waals surface area contributed by atoms with E-state index in [0.29, 0.717) is 5.92 Å². The Labute approximate surface area is 129 Å². The third-order valence-electron chi connectivity index (χ3n) is 3.69. The second-order valence-electron chi connectivity index (χ2n) is 6.72. The Hall–Kier alpha value is -0.680. The van der Waals surface area contributed by atoms with E-state index < -0.39 is 0 Å². The van der Waals surface area contributed by atoms with Gasteiger partial charge in [0, 0.05) is 18.0 Å². The maximum Gasteiger partial charge on any atom is 0.137 e. The molecule has 1 aromatic heterocycles. The highest BCUT2D eigenvalue weighted by Gasteiger charge is 2.21. The van der Waals surface area contributed by atoms with Crippen molar-refractivity contribution in [3.8, 4) is 0 Å². The van der Waals surface area contributed by atoms with Crippen LogP contribution in [0.1, 0.15) is 52.3 Å². The van der Waals surface area contributed by atoms with Crippen LogP contribution in [-0.2, 0) is 5.41 Å². The van der Waals surface area contributed by atoms with Crippen molar-refractivity contribution in [3.63, 3.8) is 0 Å². The first kappa shape index (κ1) is 15.7. The first-order valence-electron chi connectivity index (χ1n) is 7.31. The SMILES string of the molecule is CC(C)(C)c1nc(Br)cc(NCC2CCCC(O)C2)n1. The lowest BCUT2D eigenvalue weighted by atomic mass is 9.87. The summed E-state index contributed by atoms with van der Waals surface area (Å²) in [5, 5.41) is 13.1. The van der Waals surface area contributed by atoms with Crippen LogP contribution in [0.2, 0.25) is 0 Å². The molecule has 0 amide bonds. The first-order valence-corrected chi connectivity index (χ1v) is 8.11. The Morgan fingerprint density at radius 1 is 1.35 bits per heavy atom. The molecule has 0 aromatic carbocycles. The number of nitrogens with zero attached hydrogens (tertiary/aromatic N) is 2. The zero-order valence-corrected chi connectivity index (χ0v) is 14.1. The Bertz CT molecular complexity index is 459. The van der Waals surface area contributed by atoms with Crippen LogP contribution in [0.15, 0.2) is 10.7 Å². The standard InChI is InChI=1S/C15H24BrN3O/c1-15(2,3)14-18-12(16)8-13(19-14)17-9-10-5-4-6-11(20)7-10/h8,10-11,20H,4-7,9H2,1-3H3,(H,17,18,19). The fourth-order valence-electron chi connectivity index (χ4n) is 2.54. The first-order chi connectivity index (χ1) is 9.34. The topological polar surface area (TPSA) is 58.0 Å². The molecule has 2 rings (SSSR count). The molecule has 2 atom stereocenters. The summed E-state index contributed by atoms with van der Waals surface area (Å²) < 4.78 is 0.809. The summed E-state index contributed by atoms with van der Waals surface area (Å²) in [7, 11) is 0. The predicted octanol–water partition coefficient (Wildman–Crippen LogP) is 3.50. The van der Waals surface area contributed by atoms with E-state index in [1.165, 1.54) is 6.42 Å². The van der Waals surface area contributed by atoms with Gasteiger partial charge in [0.05, 0.1) is 6.10 Å². The smallest absolute Gasteiger partial charge is 0.137 e. The van der Waals surface area contributed by atoms with Crippen molar-refractivity contribution in [2.45, 2.75) is 58.0 Å². The van der Waals surface area contributed by atoms with Gasteiger partial charge >= 0.3 is 0 Å². The number of hydrogen-bond donors (Lipinski definition) is 2. The van der Waals surface area contributed by atoms with E-state index in [2.05, 4.69) is 52.0 Å². The summed E-state index contributed by atoms with van der Waals surface area (Å²) in [6, 6.07) is 1.91. The highest BCUT2D eigenvalue weighted by molar-refractivity contribution is 9.10. The van der Waals surface area contributed by atoms with Gasteiger partial charge in [-0.3, -0.25) is 0 Å². The van der Waals surface area contributed by atoms with E-state index in [1.54, 1.807) is 0 Å². The van der Waals surface area contributed by atoms with Crippen molar-refractivity contribution in [1.29, 1.82) is 0 Å². The van der Waals surface area contributed by atoms with Crippen molar-refractivity contribution in [2.24, 2.45) is 5.92 Å². The highest BCUT2D eigenvalue weighted by atomic mass is 79.9. The van der Waals surface area contributed by atoms with Gasteiger partial charge in [0.15, 0.2) is 0 Å². The summed E-state index contributed by atoms with van der Waals surface area (Å²) in [4.78, 5) is 9.03. The number of anilines is 1. The number of hydrogen-bond acceptors (Lipinski definition) is 4. The van der Waals surface area contributed by atoms with E-state index in [0.717, 1.165) is 42.1 Å². The third kappa shape index (κ3) is 4.42. The van der Waals surface area contributed by atoms with Crippen LogP contribution >= 0.6 is 15.9 Å². The fourth-order valence-corrected chi connectivity index (χ4v) is 2.93. The molecule has 2 unspecified atom stereocenters. The minimum atomic E-state index is -0.127. The van der Waals surface area contributed by atoms with Gasteiger partial charge in [0.1, 0.15) is 16.2 Å². The zero-order chi connectivity index (χ0) is 14.8. The summed E-state index contributed by atoms with van der Waals surface area (Å²) in [5.74, 6) is 2.22. The molecule has 112 valence electrons. The second kappa shape index (κ2) is 6.39.